The molecule has 1 N–H and O–H groups in total. The lowest BCUT2D eigenvalue weighted by Gasteiger charge is -2.21. The number of nitrogens with one attached hydrogen (secondary N) is 1. The minimum Gasteiger partial charge on any atom is -0.331 e. The average Bonchev–Trinajstić information content (AvgIpc) is 3.24. The first kappa shape index (κ1) is 19.3. The number of hydrogen-bond donors (Lipinski definition) is 1. The average molecular weight is 397 g/mol. The molecule has 0 aliphatic carbocycles. The summed E-state index contributed by atoms with van der Waals surface area (Å²) in [5.41, 5.74) is -0.173. The zero-order valence-electron chi connectivity index (χ0n) is 14.5. The number of hydrogen-bond acceptors (Lipinski definition) is 4. The standard InChI is InChI=1S/C18H18F3N3O2S/c1-11(25)24-7-3-6-15(24)16(26)23-17-22-10-14(27-17)9-12-4-2-5-13(8-12)18(19,20)21/h2,4-5,8,10,15H,3,6-7,9H2,1H3,(H,22,23,26)/t15-/m0/s1. The molecule has 2 amide bonds. The molecule has 0 spiro atoms. The van der Waals surface area contributed by atoms with Crippen LogP contribution in [0, 0.1) is 0 Å². The number of carbonyl (C=O) groups excluding carboxylic acids is 2. The molecule has 0 saturated carbocycles. The van der Waals surface area contributed by atoms with Crippen LogP contribution in [0.1, 0.15) is 35.8 Å². The molecule has 2 aromatic rings. The Bertz CT molecular complexity index is 850. The van der Waals surface area contributed by atoms with E-state index in [1.54, 1.807) is 6.07 Å². The minimum atomic E-state index is -4.38. The van der Waals surface area contributed by atoms with Gasteiger partial charge in [-0.3, -0.25) is 9.59 Å². The topological polar surface area (TPSA) is 62.3 Å². The fourth-order valence-corrected chi connectivity index (χ4v) is 3.96. The van der Waals surface area contributed by atoms with Crippen LogP contribution in [0.2, 0.25) is 0 Å². The van der Waals surface area contributed by atoms with E-state index < -0.39 is 17.8 Å². The number of carbonyl (C=O) groups is 2. The number of likely N-dealkylation sites (tertiary alicyclic amines) is 1. The van der Waals surface area contributed by atoms with Gasteiger partial charge >= 0.3 is 6.18 Å². The molecule has 3 rings (SSSR count). The fraction of sp³-hybridized carbons (Fsp3) is 0.389. The number of alkyl halides is 3. The van der Waals surface area contributed by atoms with Crippen LogP contribution >= 0.6 is 11.3 Å². The Morgan fingerprint density at radius 1 is 1.37 bits per heavy atom. The molecule has 1 aromatic carbocycles. The monoisotopic (exact) mass is 397 g/mol. The highest BCUT2D eigenvalue weighted by atomic mass is 32.1. The van der Waals surface area contributed by atoms with Gasteiger partial charge in [-0.05, 0) is 24.5 Å². The third-order valence-corrected chi connectivity index (χ3v) is 5.29. The van der Waals surface area contributed by atoms with Gasteiger partial charge < -0.3 is 10.2 Å². The van der Waals surface area contributed by atoms with Crippen LogP contribution in [0.15, 0.2) is 30.5 Å². The maximum atomic E-state index is 12.8. The molecule has 1 fully saturated rings. The van der Waals surface area contributed by atoms with E-state index in [1.807, 2.05) is 0 Å². The third kappa shape index (κ3) is 4.65. The highest BCUT2D eigenvalue weighted by Crippen LogP contribution is 2.30. The Hall–Kier alpha value is -2.42. The van der Waals surface area contributed by atoms with Crippen LogP contribution in [0.3, 0.4) is 0 Å². The van der Waals surface area contributed by atoms with Gasteiger partial charge in [0.15, 0.2) is 5.13 Å². The lowest BCUT2D eigenvalue weighted by atomic mass is 10.1. The van der Waals surface area contributed by atoms with Crippen LogP contribution in [0.25, 0.3) is 0 Å². The first-order valence-corrected chi connectivity index (χ1v) is 9.24. The molecule has 1 saturated heterocycles. The molecule has 144 valence electrons. The number of halogens is 3. The van der Waals surface area contributed by atoms with Gasteiger partial charge in [0.2, 0.25) is 11.8 Å². The van der Waals surface area contributed by atoms with Crippen LogP contribution in [-0.2, 0) is 22.2 Å². The summed E-state index contributed by atoms with van der Waals surface area (Å²) in [7, 11) is 0. The molecule has 27 heavy (non-hydrogen) atoms. The highest BCUT2D eigenvalue weighted by molar-refractivity contribution is 7.15. The van der Waals surface area contributed by atoms with Crippen molar-refractivity contribution in [1.29, 1.82) is 0 Å². The van der Waals surface area contributed by atoms with Crippen molar-refractivity contribution >= 4 is 28.3 Å². The van der Waals surface area contributed by atoms with Gasteiger partial charge in [0.05, 0.1) is 5.56 Å². The second kappa shape index (κ2) is 7.67. The van der Waals surface area contributed by atoms with Crippen molar-refractivity contribution in [3.8, 4) is 0 Å². The Morgan fingerprint density at radius 3 is 2.85 bits per heavy atom. The first-order valence-electron chi connectivity index (χ1n) is 8.43. The Morgan fingerprint density at radius 2 is 2.15 bits per heavy atom. The van der Waals surface area contributed by atoms with Gasteiger partial charge in [-0.15, -0.1) is 11.3 Å². The van der Waals surface area contributed by atoms with Gasteiger partial charge in [0.25, 0.3) is 0 Å². The van der Waals surface area contributed by atoms with Crippen LogP contribution < -0.4 is 5.32 Å². The van der Waals surface area contributed by atoms with Gasteiger partial charge in [0, 0.05) is 31.0 Å². The van der Waals surface area contributed by atoms with Gasteiger partial charge in [-0.1, -0.05) is 18.2 Å². The number of benzene rings is 1. The van der Waals surface area contributed by atoms with E-state index in [9.17, 15) is 22.8 Å². The van der Waals surface area contributed by atoms with Crippen molar-refractivity contribution < 1.29 is 22.8 Å². The fourth-order valence-electron chi connectivity index (χ4n) is 3.11. The lowest BCUT2D eigenvalue weighted by Crippen LogP contribution is -2.42. The van der Waals surface area contributed by atoms with E-state index in [-0.39, 0.29) is 11.8 Å². The molecule has 5 nitrogen and oxygen atoms in total. The quantitative estimate of drug-likeness (QED) is 0.856. The predicted octanol–water partition coefficient (Wildman–Crippen LogP) is 3.70. The molecule has 1 aliphatic heterocycles. The largest absolute Gasteiger partial charge is 0.416 e. The molecule has 9 heteroatoms. The van der Waals surface area contributed by atoms with E-state index in [0.717, 1.165) is 23.4 Å². The minimum absolute atomic E-state index is 0.142. The first-order chi connectivity index (χ1) is 12.7. The van der Waals surface area contributed by atoms with Crippen molar-refractivity contribution in [2.75, 3.05) is 11.9 Å². The van der Waals surface area contributed by atoms with E-state index in [1.165, 1.54) is 35.4 Å². The Labute approximate surface area is 158 Å². The number of nitrogens with zero attached hydrogens (tertiary/aromatic N) is 2. The summed E-state index contributed by atoms with van der Waals surface area (Å²) in [6, 6.07) is 4.64. The van der Waals surface area contributed by atoms with Crippen molar-refractivity contribution in [2.24, 2.45) is 0 Å². The van der Waals surface area contributed by atoms with E-state index in [2.05, 4.69) is 10.3 Å². The number of rotatable bonds is 4. The molecule has 0 unspecified atom stereocenters. The summed E-state index contributed by atoms with van der Waals surface area (Å²) in [6.45, 7) is 1.99. The highest BCUT2D eigenvalue weighted by Gasteiger charge is 2.33. The molecule has 1 atom stereocenters. The van der Waals surface area contributed by atoms with Gasteiger partial charge in [-0.2, -0.15) is 13.2 Å². The summed E-state index contributed by atoms with van der Waals surface area (Å²) in [6.07, 6.45) is -1.17. The van der Waals surface area contributed by atoms with E-state index in [0.29, 0.717) is 30.1 Å². The smallest absolute Gasteiger partial charge is 0.331 e. The molecule has 0 bridgehead atoms. The molecular formula is C18H18F3N3O2S. The summed E-state index contributed by atoms with van der Waals surface area (Å²) in [5, 5.41) is 3.08. The second-order valence-electron chi connectivity index (χ2n) is 6.37. The van der Waals surface area contributed by atoms with Crippen LogP contribution in [0.5, 0.6) is 0 Å². The molecule has 0 radical (unpaired) electrons. The van der Waals surface area contributed by atoms with Crippen LogP contribution in [-0.4, -0.2) is 34.3 Å². The van der Waals surface area contributed by atoms with Crippen molar-refractivity contribution in [2.45, 2.75) is 38.4 Å². The summed E-state index contributed by atoms with van der Waals surface area (Å²) in [4.78, 5) is 30.4. The summed E-state index contributed by atoms with van der Waals surface area (Å²) in [5.74, 6) is -0.431. The SMILES string of the molecule is CC(=O)N1CCC[C@H]1C(=O)Nc1ncc(Cc2cccc(C(F)(F)F)c2)s1. The Balaban J connectivity index is 1.65. The van der Waals surface area contributed by atoms with Gasteiger partial charge in [0.1, 0.15) is 6.04 Å². The maximum absolute atomic E-state index is 12.8. The van der Waals surface area contributed by atoms with Crippen molar-refractivity contribution in [1.82, 2.24) is 9.88 Å². The number of anilines is 1. The summed E-state index contributed by atoms with van der Waals surface area (Å²) < 4.78 is 38.4. The van der Waals surface area contributed by atoms with Crippen molar-refractivity contribution in [3.63, 3.8) is 0 Å². The third-order valence-electron chi connectivity index (χ3n) is 4.38. The zero-order chi connectivity index (χ0) is 19.6. The lowest BCUT2D eigenvalue weighted by molar-refractivity contribution is -0.137. The molecular weight excluding hydrogens is 379 g/mol. The number of aromatic nitrogens is 1. The van der Waals surface area contributed by atoms with E-state index in [4.69, 9.17) is 0 Å². The second-order valence-corrected chi connectivity index (χ2v) is 7.48. The maximum Gasteiger partial charge on any atom is 0.416 e. The van der Waals surface area contributed by atoms with Gasteiger partial charge in [-0.25, -0.2) is 4.98 Å². The van der Waals surface area contributed by atoms with E-state index >= 15 is 0 Å². The van der Waals surface area contributed by atoms with Crippen molar-refractivity contribution in [3.05, 3.63) is 46.5 Å². The Kier molecular flexibility index (Phi) is 5.50. The molecule has 1 aliphatic rings. The zero-order valence-corrected chi connectivity index (χ0v) is 15.4. The normalized spacial score (nSPS) is 17.2. The molecule has 2 heterocycles. The van der Waals surface area contributed by atoms with Crippen LogP contribution in [0.4, 0.5) is 18.3 Å². The summed E-state index contributed by atoms with van der Waals surface area (Å²) >= 11 is 1.21. The number of thiazole rings is 1. The molecule has 1 aromatic heterocycles. The number of amides is 2. The predicted molar refractivity (Wildman–Crippen MR) is 95.4 cm³/mol.